The van der Waals surface area contributed by atoms with E-state index >= 15 is 0 Å². The van der Waals surface area contributed by atoms with Crippen LogP contribution in [0.5, 0.6) is 0 Å². The first-order valence-corrected chi connectivity index (χ1v) is 8.25. The maximum Gasteiger partial charge on any atom is 0.321 e. The topological polar surface area (TPSA) is 83.3 Å². The number of amides is 2. The molecule has 7 nitrogen and oxygen atoms in total. The molecule has 1 aliphatic heterocycles. The van der Waals surface area contributed by atoms with E-state index in [9.17, 15) is 9.90 Å². The average Bonchev–Trinajstić information content (AvgIpc) is 2.93. The van der Waals surface area contributed by atoms with E-state index in [-0.39, 0.29) is 12.6 Å². The van der Waals surface area contributed by atoms with Gasteiger partial charge in [0.15, 0.2) is 0 Å². The molecule has 1 saturated heterocycles. The number of aromatic nitrogens is 3. The van der Waals surface area contributed by atoms with Crippen LogP contribution in [-0.2, 0) is 0 Å². The Balaban J connectivity index is 1.76. The molecule has 1 aliphatic rings. The standard InChI is InChI=1S/C17H23N5O2/c1-12-18-13(2)22(20-12)16-6-4-3-5-15(16)19-17(24)21-9-7-14(11-23)8-10-21/h3-6,14,23H,7-11H2,1-2H3,(H,19,24). The van der Waals surface area contributed by atoms with Crippen molar-refractivity contribution in [2.45, 2.75) is 26.7 Å². The third-order valence-electron chi connectivity index (χ3n) is 4.41. The van der Waals surface area contributed by atoms with Gasteiger partial charge in [-0.05, 0) is 44.7 Å². The minimum Gasteiger partial charge on any atom is -0.396 e. The molecule has 0 spiro atoms. The summed E-state index contributed by atoms with van der Waals surface area (Å²) in [5.74, 6) is 1.78. The molecule has 1 aromatic carbocycles. The van der Waals surface area contributed by atoms with Crippen molar-refractivity contribution in [1.29, 1.82) is 0 Å². The maximum absolute atomic E-state index is 12.5. The Morgan fingerprint density at radius 1 is 1.29 bits per heavy atom. The summed E-state index contributed by atoms with van der Waals surface area (Å²) in [6.07, 6.45) is 1.68. The number of nitrogens with one attached hydrogen (secondary N) is 1. The van der Waals surface area contributed by atoms with Crippen molar-refractivity contribution in [3.63, 3.8) is 0 Å². The van der Waals surface area contributed by atoms with E-state index in [1.54, 1.807) is 9.58 Å². The van der Waals surface area contributed by atoms with Crippen LogP contribution in [0, 0.1) is 19.8 Å². The van der Waals surface area contributed by atoms with E-state index in [0.717, 1.165) is 24.4 Å². The lowest BCUT2D eigenvalue weighted by Crippen LogP contribution is -2.41. The van der Waals surface area contributed by atoms with Crippen molar-refractivity contribution >= 4 is 11.7 Å². The fourth-order valence-corrected chi connectivity index (χ4v) is 3.03. The van der Waals surface area contributed by atoms with Crippen molar-refractivity contribution in [2.75, 3.05) is 25.0 Å². The first-order chi connectivity index (χ1) is 11.6. The van der Waals surface area contributed by atoms with E-state index in [2.05, 4.69) is 15.4 Å². The molecule has 128 valence electrons. The van der Waals surface area contributed by atoms with Crippen LogP contribution in [0.2, 0.25) is 0 Å². The zero-order valence-electron chi connectivity index (χ0n) is 14.1. The predicted molar refractivity (Wildman–Crippen MR) is 91.2 cm³/mol. The summed E-state index contributed by atoms with van der Waals surface area (Å²) >= 11 is 0. The highest BCUT2D eigenvalue weighted by Gasteiger charge is 2.23. The van der Waals surface area contributed by atoms with Gasteiger partial charge in [0.2, 0.25) is 0 Å². The zero-order chi connectivity index (χ0) is 17.1. The number of hydrogen-bond acceptors (Lipinski definition) is 4. The molecule has 0 aliphatic carbocycles. The number of piperidine rings is 1. The number of likely N-dealkylation sites (tertiary alicyclic amines) is 1. The Morgan fingerprint density at radius 3 is 2.62 bits per heavy atom. The van der Waals surface area contributed by atoms with Gasteiger partial charge in [-0.25, -0.2) is 14.5 Å². The lowest BCUT2D eigenvalue weighted by Gasteiger charge is -2.31. The Bertz CT molecular complexity index is 720. The second kappa shape index (κ2) is 7.00. The summed E-state index contributed by atoms with van der Waals surface area (Å²) in [4.78, 5) is 18.7. The van der Waals surface area contributed by atoms with Gasteiger partial charge < -0.3 is 15.3 Å². The number of anilines is 1. The summed E-state index contributed by atoms with van der Waals surface area (Å²) < 4.78 is 1.74. The van der Waals surface area contributed by atoms with Gasteiger partial charge in [-0.15, -0.1) is 0 Å². The number of hydrogen-bond donors (Lipinski definition) is 2. The highest BCUT2D eigenvalue weighted by Crippen LogP contribution is 2.22. The number of rotatable bonds is 3. The molecule has 1 aromatic heterocycles. The summed E-state index contributed by atoms with van der Waals surface area (Å²) in [5, 5.41) is 16.6. The molecule has 0 saturated carbocycles. The van der Waals surface area contributed by atoms with E-state index in [1.807, 2.05) is 38.1 Å². The number of aliphatic hydroxyl groups excluding tert-OH is 1. The number of aliphatic hydroxyl groups is 1. The SMILES string of the molecule is Cc1nc(C)n(-c2ccccc2NC(=O)N2CCC(CO)CC2)n1. The Kier molecular flexibility index (Phi) is 4.80. The first kappa shape index (κ1) is 16.4. The molecular weight excluding hydrogens is 306 g/mol. The largest absolute Gasteiger partial charge is 0.396 e. The van der Waals surface area contributed by atoms with Gasteiger partial charge in [0, 0.05) is 19.7 Å². The Labute approximate surface area is 141 Å². The molecule has 2 N–H and O–H groups in total. The first-order valence-electron chi connectivity index (χ1n) is 8.25. The molecule has 2 amide bonds. The molecule has 1 fully saturated rings. The fourth-order valence-electron chi connectivity index (χ4n) is 3.03. The van der Waals surface area contributed by atoms with Gasteiger partial charge >= 0.3 is 6.03 Å². The summed E-state index contributed by atoms with van der Waals surface area (Å²) in [5.41, 5.74) is 1.51. The van der Waals surface area contributed by atoms with Gasteiger partial charge in [-0.3, -0.25) is 0 Å². The minimum absolute atomic E-state index is 0.117. The molecule has 2 aromatic rings. The van der Waals surface area contributed by atoms with Crippen molar-refractivity contribution in [1.82, 2.24) is 19.7 Å². The summed E-state index contributed by atoms with van der Waals surface area (Å²) in [6.45, 7) is 5.26. The van der Waals surface area contributed by atoms with Crippen molar-refractivity contribution in [3.05, 3.63) is 35.9 Å². The highest BCUT2D eigenvalue weighted by atomic mass is 16.3. The normalized spacial score (nSPS) is 15.5. The molecule has 2 heterocycles. The van der Waals surface area contributed by atoms with Gasteiger partial charge in [0.25, 0.3) is 0 Å². The second-order valence-corrected chi connectivity index (χ2v) is 6.18. The average molecular weight is 329 g/mol. The summed E-state index contributed by atoms with van der Waals surface area (Å²) in [7, 11) is 0. The molecule has 3 rings (SSSR count). The van der Waals surface area contributed by atoms with Crippen LogP contribution in [0.15, 0.2) is 24.3 Å². The molecular formula is C17H23N5O2. The van der Waals surface area contributed by atoms with Crippen LogP contribution in [0.1, 0.15) is 24.5 Å². The predicted octanol–water partition coefficient (Wildman–Crippen LogP) is 2.12. The van der Waals surface area contributed by atoms with Gasteiger partial charge in [0.05, 0.1) is 11.4 Å². The van der Waals surface area contributed by atoms with Crippen molar-refractivity contribution in [2.24, 2.45) is 5.92 Å². The number of carbonyl (C=O) groups is 1. The number of para-hydroxylation sites is 2. The van der Waals surface area contributed by atoms with E-state index < -0.39 is 0 Å². The number of carbonyl (C=O) groups excluding carboxylic acids is 1. The third-order valence-corrected chi connectivity index (χ3v) is 4.41. The third kappa shape index (κ3) is 3.41. The summed E-state index contributed by atoms with van der Waals surface area (Å²) in [6, 6.07) is 7.46. The molecule has 0 radical (unpaired) electrons. The number of urea groups is 1. The lowest BCUT2D eigenvalue weighted by molar-refractivity contribution is 0.143. The monoisotopic (exact) mass is 329 g/mol. The Hall–Kier alpha value is -2.41. The van der Waals surface area contributed by atoms with E-state index in [0.29, 0.717) is 30.5 Å². The Morgan fingerprint density at radius 2 is 2.00 bits per heavy atom. The van der Waals surface area contributed by atoms with Crippen LogP contribution in [0.4, 0.5) is 10.5 Å². The number of aryl methyl sites for hydroxylation is 2. The van der Waals surface area contributed by atoms with Gasteiger partial charge in [-0.2, -0.15) is 5.10 Å². The van der Waals surface area contributed by atoms with Gasteiger partial charge in [0.1, 0.15) is 11.6 Å². The minimum atomic E-state index is -0.117. The van der Waals surface area contributed by atoms with Crippen LogP contribution in [0.25, 0.3) is 5.69 Å². The molecule has 0 bridgehead atoms. The fraction of sp³-hybridized carbons (Fsp3) is 0.471. The second-order valence-electron chi connectivity index (χ2n) is 6.18. The van der Waals surface area contributed by atoms with Crippen LogP contribution >= 0.6 is 0 Å². The van der Waals surface area contributed by atoms with Crippen LogP contribution in [-0.4, -0.2) is 50.5 Å². The molecule has 0 unspecified atom stereocenters. The lowest BCUT2D eigenvalue weighted by atomic mass is 9.98. The van der Waals surface area contributed by atoms with E-state index in [4.69, 9.17) is 0 Å². The molecule has 7 heteroatoms. The molecule has 24 heavy (non-hydrogen) atoms. The maximum atomic E-state index is 12.5. The van der Waals surface area contributed by atoms with Gasteiger partial charge in [-0.1, -0.05) is 12.1 Å². The quantitative estimate of drug-likeness (QED) is 0.903. The van der Waals surface area contributed by atoms with Crippen LogP contribution < -0.4 is 5.32 Å². The van der Waals surface area contributed by atoms with Crippen molar-refractivity contribution in [3.8, 4) is 5.69 Å². The molecule has 0 atom stereocenters. The number of benzene rings is 1. The highest BCUT2D eigenvalue weighted by molar-refractivity contribution is 5.91. The smallest absolute Gasteiger partial charge is 0.321 e. The zero-order valence-corrected chi connectivity index (χ0v) is 14.1. The van der Waals surface area contributed by atoms with Crippen molar-refractivity contribution < 1.29 is 9.90 Å². The number of nitrogens with zero attached hydrogens (tertiary/aromatic N) is 4. The van der Waals surface area contributed by atoms with Crippen LogP contribution in [0.3, 0.4) is 0 Å². The van der Waals surface area contributed by atoms with E-state index in [1.165, 1.54) is 0 Å².